The van der Waals surface area contributed by atoms with Crippen molar-refractivity contribution in [1.29, 1.82) is 0 Å². The van der Waals surface area contributed by atoms with Crippen molar-refractivity contribution >= 4 is 23.3 Å². The lowest BCUT2D eigenvalue weighted by molar-refractivity contribution is -0.134. The maximum absolute atomic E-state index is 13.6. The number of likely N-dealkylation sites (N-methyl/N-ethyl adjacent to an activating group) is 1. The van der Waals surface area contributed by atoms with E-state index >= 15 is 0 Å². The number of aliphatic hydroxyl groups is 1. The van der Waals surface area contributed by atoms with Gasteiger partial charge in [-0.05, 0) is 74.1 Å². The quantitative estimate of drug-likeness (QED) is 0.189. The first kappa shape index (κ1) is 32.5. The molecule has 1 heterocycles. The van der Waals surface area contributed by atoms with E-state index in [0.717, 1.165) is 17.1 Å². The third kappa shape index (κ3) is 8.87. The Morgan fingerprint density at radius 2 is 1.61 bits per heavy atom. The third-order valence-electron chi connectivity index (χ3n) is 8.05. The Hall–Kier alpha value is -4.86. The first-order chi connectivity index (χ1) is 22.3. The van der Waals surface area contributed by atoms with Gasteiger partial charge in [0, 0.05) is 42.5 Å². The van der Waals surface area contributed by atoms with Crippen LogP contribution >= 0.6 is 0 Å². The smallest absolute Gasteiger partial charge is 0.323 e. The molecule has 46 heavy (non-hydrogen) atoms. The van der Waals surface area contributed by atoms with Gasteiger partial charge in [0.05, 0.1) is 19.1 Å². The maximum atomic E-state index is 13.6. The van der Waals surface area contributed by atoms with Gasteiger partial charge in [0.25, 0.3) is 0 Å². The molecule has 4 aromatic carbocycles. The lowest BCUT2D eigenvalue weighted by Gasteiger charge is -2.34. The number of carbonyl (C=O) groups excluding carboxylic acids is 2. The SMILES string of the molecule is C[C@H]1CN([C@@H](C)CO)C(=O)Cc2cc(NC(=O)Nc3ccccc3)ccc2O[C@@H]1CN(C)Cc1ccc(Oc2ccccc2)cc1. The molecule has 0 saturated carbocycles. The molecule has 3 N–H and O–H groups in total. The molecule has 1 aliphatic heterocycles. The van der Waals surface area contributed by atoms with Crippen LogP contribution in [0, 0.1) is 5.92 Å². The fourth-order valence-corrected chi connectivity index (χ4v) is 5.51. The average Bonchev–Trinajstić information content (AvgIpc) is 3.09. The molecule has 0 spiro atoms. The van der Waals surface area contributed by atoms with Gasteiger partial charge in [-0.15, -0.1) is 0 Å². The number of nitrogens with zero attached hydrogens (tertiary/aromatic N) is 2. The van der Waals surface area contributed by atoms with Crippen LogP contribution in [-0.2, 0) is 17.8 Å². The van der Waals surface area contributed by atoms with Gasteiger partial charge in [0.1, 0.15) is 23.4 Å². The van der Waals surface area contributed by atoms with E-state index < -0.39 is 0 Å². The topological polar surface area (TPSA) is 103 Å². The highest BCUT2D eigenvalue weighted by Gasteiger charge is 2.31. The van der Waals surface area contributed by atoms with E-state index in [1.54, 1.807) is 29.2 Å². The summed E-state index contributed by atoms with van der Waals surface area (Å²) in [6.07, 6.45) is -0.161. The minimum Gasteiger partial charge on any atom is -0.488 e. The zero-order valence-corrected chi connectivity index (χ0v) is 26.6. The van der Waals surface area contributed by atoms with Gasteiger partial charge in [0.2, 0.25) is 5.91 Å². The van der Waals surface area contributed by atoms with Gasteiger partial charge in [-0.3, -0.25) is 9.69 Å². The Kier molecular flexibility index (Phi) is 10.9. The van der Waals surface area contributed by atoms with Gasteiger partial charge in [-0.1, -0.05) is 55.5 Å². The number of para-hydroxylation sites is 2. The summed E-state index contributed by atoms with van der Waals surface area (Å²) in [7, 11) is 2.05. The molecule has 0 saturated heterocycles. The summed E-state index contributed by atoms with van der Waals surface area (Å²) in [4.78, 5) is 30.2. The Bertz CT molecular complexity index is 1580. The number of ether oxygens (including phenoxy) is 2. The monoisotopic (exact) mass is 622 g/mol. The number of fused-ring (bicyclic) bond motifs is 1. The van der Waals surface area contributed by atoms with Gasteiger partial charge >= 0.3 is 6.03 Å². The molecule has 9 heteroatoms. The summed E-state index contributed by atoms with van der Waals surface area (Å²) < 4.78 is 12.6. The second-order valence-electron chi connectivity index (χ2n) is 11.9. The van der Waals surface area contributed by atoms with Crippen LogP contribution in [0.4, 0.5) is 16.2 Å². The van der Waals surface area contributed by atoms with Crippen LogP contribution in [0.1, 0.15) is 25.0 Å². The Morgan fingerprint density at radius 1 is 0.957 bits per heavy atom. The van der Waals surface area contributed by atoms with Gasteiger partial charge in [-0.2, -0.15) is 0 Å². The Morgan fingerprint density at radius 3 is 2.30 bits per heavy atom. The minimum absolute atomic E-state index is 0.0255. The number of urea groups is 1. The summed E-state index contributed by atoms with van der Waals surface area (Å²) in [6, 6.07) is 31.6. The summed E-state index contributed by atoms with van der Waals surface area (Å²) >= 11 is 0. The highest BCUT2D eigenvalue weighted by atomic mass is 16.5. The molecule has 240 valence electrons. The van der Waals surface area contributed by atoms with E-state index in [9.17, 15) is 14.7 Å². The van der Waals surface area contributed by atoms with Crippen molar-refractivity contribution in [3.8, 4) is 17.2 Å². The Balaban J connectivity index is 1.30. The molecule has 0 radical (unpaired) electrons. The Labute approximate surface area is 270 Å². The number of amides is 3. The van der Waals surface area contributed by atoms with Crippen molar-refractivity contribution < 1.29 is 24.2 Å². The molecule has 0 aliphatic carbocycles. The largest absolute Gasteiger partial charge is 0.488 e. The third-order valence-corrected chi connectivity index (χ3v) is 8.05. The van der Waals surface area contributed by atoms with Crippen LogP contribution in [0.5, 0.6) is 17.2 Å². The molecule has 9 nitrogen and oxygen atoms in total. The first-order valence-electron chi connectivity index (χ1n) is 15.6. The molecule has 0 unspecified atom stereocenters. The van der Waals surface area contributed by atoms with Crippen LogP contribution in [-0.4, -0.2) is 65.7 Å². The van der Waals surface area contributed by atoms with E-state index in [0.29, 0.717) is 42.3 Å². The van der Waals surface area contributed by atoms with Crippen LogP contribution in [0.15, 0.2) is 103 Å². The van der Waals surface area contributed by atoms with E-state index in [1.165, 1.54) is 0 Å². The molecule has 3 amide bonds. The van der Waals surface area contributed by atoms with Gasteiger partial charge < -0.3 is 30.1 Å². The van der Waals surface area contributed by atoms with Crippen molar-refractivity contribution in [2.45, 2.75) is 39.0 Å². The molecule has 1 aliphatic rings. The fraction of sp³-hybridized carbons (Fsp3) is 0.297. The average molecular weight is 623 g/mol. The number of nitrogens with one attached hydrogen (secondary N) is 2. The molecule has 5 rings (SSSR count). The van der Waals surface area contributed by atoms with Crippen molar-refractivity contribution in [3.05, 3.63) is 114 Å². The number of carbonyl (C=O) groups is 2. The lowest BCUT2D eigenvalue weighted by Crippen LogP contribution is -2.47. The van der Waals surface area contributed by atoms with Crippen LogP contribution < -0.4 is 20.1 Å². The zero-order chi connectivity index (χ0) is 32.5. The van der Waals surface area contributed by atoms with E-state index in [-0.39, 0.29) is 43.0 Å². The minimum atomic E-state index is -0.384. The summed E-state index contributed by atoms with van der Waals surface area (Å²) in [5.74, 6) is 2.05. The molecule has 0 fully saturated rings. The van der Waals surface area contributed by atoms with Gasteiger partial charge in [0.15, 0.2) is 0 Å². The van der Waals surface area contributed by atoms with Crippen LogP contribution in [0.2, 0.25) is 0 Å². The highest BCUT2D eigenvalue weighted by Crippen LogP contribution is 2.30. The second kappa shape index (κ2) is 15.4. The van der Waals surface area contributed by atoms with E-state index in [2.05, 4.69) is 41.6 Å². The first-order valence-corrected chi connectivity index (χ1v) is 15.6. The van der Waals surface area contributed by atoms with Crippen LogP contribution in [0.25, 0.3) is 0 Å². The number of hydrogen-bond donors (Lipinski definition) is 3. The summed E-state index contributed by atoms with van der Waals surface area (Å²) in [5, 5.41) is 15.6. The van der Waals surface area contributed by atoms with E-state index in [1.807, 2.05) is 73.7 Å². The molecule has 3 atom stereocenters. The summed E-state index contributed by atoms with van der Waals surface area (Å²) in [6.45, 7) is 5.54. The lowest BCUT2D eigenvalue weighted by atomic mass is 10.0. The van der Waals surface area contributed by atoms with Gasteiger partial charge in [-0.25, -0.2) is 4.79 Å². The van der Waals surface area contributed by atoms with Crippen molar-refractivity contribution in [3.63, 3.8) is 0 Å². The maximum Gasteiger partial charge on any atom is 0.323 e. The molecule has 0 aromatic heterocycles. The predicted molar refractivity (Wildman–Crippen MR) is 180 cm³/mol. The number of benzene rings is 4. The molecule has 0 bridgehead atoms. The van der Waals surface area contributed by atoms with E-state index in [4.69, 9.17) is 9.47 Å². The summed E-state index contributed by atoms with van der Waals surface area (Å²) in [5.41, 5.74) is 3.03. The van der Waals surface area contributed by atoms with Crippen LogP contribution in [0.3, 0.4) is 0 Å². The normalized spacial score (nSPS) is 17.2. The number of hydrogen-bond acceptors (Lipinski definition) is 6. The standard InChI is InChI=1S/C37H42N4O5/c1-26-22-41(27(2)25-42)36(43)21-29-20-31(39-37(44)38-30-10-6-4-7-11-30)16-19-34(29)46-35(26)24-40(3)23-28-14-17-33(18-15-28)45-32-12-8-5-9-13-32/h4-20,26-27,35,42H,21-25H2,1-3H3,(H2,38,39,44)/t26-,27-,35+/m0/s1. The number of anilines is 2. The van der Waals surface area contributed by atoms with Crippen molar-refractivity contribution in [2.24, 2.45) is 5.92 Å². The number of rotatable bonds is 10. The number of aliphatic hydroxyl groups excluding tert-OH is 1. The van der Waals surface area contributed by atoms with Crippen molar-refractivity contribution in [2.75, 3.05) is 37.4 Å². The molecule has 4 aromatic rings. The molecular weight excluding hydrogens is 580 g/mol. The predicted octanol–water partition coefficient (Wildman–Crippen LogP) is 6.40. The molecular formula is C37H42N4O5. The zero-order valence-electron chi connectivity index (χ0n) is 26.6. The second-order valence-corrected chi connectivity index (χ2v) is 11.9. The highest BCUT2D eigenvalue weighted by molar-refractivity contribution is 5.99. The van der Waals surface area contributed by atoms with Crippen molar-refractivity contribution in [1.82, 2.24) is 9.80 Å². The fourth-order valence-electron chi connectivity index (χ4n) is 5.51.